The highest BCUT2D eigenvalue weighted by Crippen LogP contribution is 2.18. The summed E-state index contributed by atoms with van der Waals surface area (Å²) in [4.78, 5) is 0. The van der Waals surface area contributed by atoms with Gasteiger partial charge in [0.05, 0.1) is 23.9 Å². The Morgan fingerprint density at radius 1 is 1.67 bits per heavy atom. The maximum atomic E-state index is 9.50. The van der Waals surface area contributed by atoms with Crippen molar-refractivity contribution in [3.8, 4) is 5.88 Å². The third kappa shape index (κ3) is 1.55. The Bertz CT molecular complexity index is 289. The third-order valence-corrected chi connectivity index (χ3v) is 2.13. The van der Waals surface area contributed by atoms with Crippen LogP contribution in [-0.4, -0.2) is 26.0 Å². The van der Waals surface area contributed by atoms with E-state index >= 15 is 0 Å². The molecule has 2 heterocycles. The van der Waals surface area contributed by atoms with Gasteiger partial charge in [0.1, 0.15) is 12.4 Å². The van der Waals surface area contributed by atoms with Crippen molar-refractivity contribution in [1.29, 1.82) is 0 Å². The molecule has 8 heteroatoms. The van der Waals surface area contributed by atoms with Gasteiger partial charge in [0.2, 0.25) is 5.88 Å². The summed E-state index contributed by atoms with van der Waals surface area (Å²) < 4.78 is 18.7. The molecule has 0 spiro atoms. The molecule has 2 rings (SSSR count). The Morgan fingerprint density at radius 3 is 3.17 bits per heavy atom. The van der Waals surface area contributed by atoms with Gasteiger partial charge in [0, 0.05) is 0 Å². The minimum Gasteiger partial charge on any atom is -0.423 e. The van der Waals surface area contributed by atoms with Crippen molar-refractivity contribution in [3.63, 3.8) is 0 Å². The molecule has 0 amide bonds. The number of nitrogens with one attached hydrogen (secondary N) is 1. The second-order valence-electron chi connectivity index (χ2n) is 1.97. The van der Waals surface area contributed by atoms with Crippen LogP contribution >= 0.6 is 23.9 Å². The van der Waals surface area contributed by atoms with Crippen molar-refractivity contribution in [2.24, 2.45) is 4.40 Å². The number of ether oxygens (including phenoxy) is 1. The van der Waals surface area contributed by atoms with Crippen molar-refractivity contribution >= 4 is 30.1 Å². The van der Waals surface area contributed by atoms with E-state index < -0.39 is 5.91 Å². The summed E-state index contributed by atoms with van der Waals surface area (Å²) >= 11 is 2.01. The zero-order valence-electron chi connectivity index (χ0n) is 5.67. The molecule has 0 fully saturated rings. The molecular weight excluding hydrogens is 200 g/mol. The molecule has 1 aliphatic rings. The minimum atomic E-state index is -1.56. The highest BCUT2D eigenvalue weighted by atomic mass is 32.2. The van der Waals surface area contributed by atoms with Crippen molar-refractivity contribution in [3.05, 3.63) is 6.20 Å². The van der Waals surface area contributed by atoms with E-state index in [0.29, 0.717) is 0 Å². The molecule has 1 aliphatic heterocycles. The molecular formula is C4H4N4O2S2. The normalized spacial score (nSPS) is 27.8. The van der Waals surface area contributed by atoms with Gasteiger partial charge < -0.3 is 9.84 Å². The largest absolute Gasteiger partial charge is 0.423 e. The van der Waals surface area contributed by atoms with E-state index in [0.717, 1.165) is 23.9 Å². The van der Waals surface area contributed by atoms with Gasteiger partial charge in [-0.2, -0.15) is 9.10 Å². The summed E-state index contributed by atoms with van der Waals surface area (Å²) in [5.74, 6) is -1.29. The second kappa shape index (κ2) is 2.98. The molecule has 6 nitrogen and oxygen atoms in total. The summed E-state index contributed by atoms with van der Waals surface area (Å²) in [6.07, 6.45) is 2.66. The molecule has 0 saturated carbocycles. The molecule has 0 bridgehead atoms. The van der Waals surface area contributed by atoms with Gasteiger partial charge in [-0.25, -0.2) is 4.40 Å². The van der Waals surface area contributed by atoms with Crippen molar-refractivity contribution in [2.45, 2.75) is 5.91 Å². The fraction of sp³-hybridized carbons (Fsp3) is 0.250. The third-order valence-electron chi connectivity index (χ3n) is 1.07. The zero-order chi connectivity index (χ0) is 8.44. The Kier molecular flexibility index (Phi) is 1.97. The summed E-state index contributed by atoms with van der Waals surface area (Å²) in [5.41, 5.74) is 0. The molecule has 1 aromatic rings. The molecule has 0 aliphatic carbocycles. The van der Waals surface area contributed by atoms with Crippen LogP contribution in [-0.2, 0) is 0 Å². The van der Waals surface area contributed by atoms with E-state index in [-0.39, 0.29) is 5.88 Å². The Labute approximate surface area is 76.3 Å². The van der Waals surface area contributed by atoms with Crippen LogP contribution in [0.3, 0.4) is 0 Å². The molecule has 1 unspecified atom stereocenters. The van der Waals surface area contributed by atoms with E-state index in [1.54, 1.807) is 0 Å². The van der Waals surface area contributed by atoms with Gasteiger partial charge in [-0.15, -0.1) is 4.37 Å². The average Bonchev–Trinajstić information content (AvgIpc) is 2.62. The minimum absolute atomic E-state index is 0.268. The van der Waals surface area contributed by atoms with Crippen LogP contribution in [0.1, 0.15) is 0 Å². The summed E-state index contributed by atoms with van der Waals surface area (Å²) in [7, 11) is 0. The first-order valence-electron chi connectivity index (χ1n) is 2.95. The molecule has 12 heavy (non-hydrogen) atoms. The first kappa shape index (κ1) is 7.92. The Balaban J connectivity index is 2.08. The van der Waals surface area contributed by atoms with E-state index in [1.807, 2.05) is 0 Å². The quantitative estimate of drug-likeness (QED) is 0.513. The maximum absolute atomic E-state index is 9.50. The molecule has 64 valence electrons. The van der Waals surface area contributed by atoms with E-state index in [1.165, 1.54) is 12.4 Å². The standard InChI is InChI=1S/C4H4N4O2S2/c9-4(2-6-12-8-4)10-3-1-5-11-7-3/h1-2,8-9H. The molecule has 2 N–H and O–H groups in total. The molecule has 1 aromatic heterocycles. The van der Waals surface area contributed by atoms with Gasteiger partial charge >= 0.3 is 5.91 Å². The van der Waals surface area contributed by atoms with E-state index in [4.69, 9.17) is 4.74 Å². The van der Waals surface area contributed by atoms with Crippen molar-refractivity contribution < 1.29 is 9.84 Å². The molecule has 0 aromatic carbocycles. The Morgan fingerprint density at radius 2 is 2.58 bits per heavy atom. The van der Waals surface area contributed by atoms with Crippen LogP contribution in [0.2, 0.25) is 0 Å². The predicted octanol–water partition coefficient (Wildman–Crippen LogP) is -0.200. The fourth-order valence-corrected chi connectivity index (χ4v) is 1.45. The van der Waals surface area contributed by atoms with Crippen molar-refractivity contribution in [1.82, 2.24) is 13.5 Å². The second-order valence-corrected chi connectivity index (χ2v) is 3.13. The smallest absolute Gasteiger partial charge is 0.319 e. The van der Waals surface area contributed by atoms with Gasteiger partial charge in [-0.05, 0) is 0 Å². The van der Waals surface area contributed by atoms with E-state index in [9.17, 15) is 5.11 Å². The first-order valence-corrected chi connectivity index (χ1v) is 4.45. The van der Waals surface area contributed by atoms with Crippen LogP contribution in [0.4, 0.5) is 0 Å². The monoisotopic (exact) mass is 204 g/mol. The maximum Gasteiger partial charge on any atom is 0.319 e. The van der Waals surface area contributed by atoms with Crippen LogP contribution < -0.4 is 9.46 Å². The van der Waals surface area contributed by atoms with Gasteiger partial charge in [0.15, 0.2) is 0 Å². The van der Waals surface area contributed by atoms with Gasteiger partial charge in [-0.3, -0.25) is 0 Å². The van der Waals surface area contributed by atoms with Gasteiger partial charge in [-0.1, -0.05) is 0 Å². The Hall–Kier alpha value is -0.700. The highest BCUT2D eigenvalue weighted by molar-refractivity contribution is 7.96. The topological polar surface area (TPSA) is 79.6 Å². The number of nitrogens with zero attached hydrogens (tertiary/aromatic N) is 3. The average molecular weight is 204 g/mol. The van der Waals surface area contributed by atoms with Gasteiger partial charge in [0.25, 0.3) is 0 Å². The molecule has 0 radical (unpaired) electrons. The summed E-state index contributed by atoms with van der Waals surface area (Å²) in [6.45, 7) is 0. The van der Waals surface area contributed by atoms with Crippen molar-refractivity contribution in [2.75, 3.05) is 0 Å². The first-order chi connectivity index (χ1) is 5.79. The number of aliphatic hydroxyl groups is 1. The SMILES string of the molecule is OC1(Oc2cnsn2)C=NSN1. The lowest BCUT2D eigenvalue weighted by Gasteiger charge is -2.17. The lowest BCUT2D eigenvalue weighted by atomic mass is 10.5. The van der Waals surface area contributed by atoms with Crippen LogP contribution in [0.5, 0.6) is 5.88 Å². The lowest BCUT2D eigenvalue weighted by molar-refractivity contribution is -0.0778. The van der Waals surface area contributed by atoms with Crippen LogP contribution in [0, 0.1) is 0 Å². The number of hydrogen-bond donors (Lipinski definition) is 2. The number of hydrogen-bond acceptors (Lipinski definition) is 8. The predicted molar refractivity (Wildman–Crippen MR) is 44.7 cm³/mol. The summed E-state index contributed by atoms with van der Waals surface area (Å²) in [5, 5.41) is 9.50. The molecule has 0 saturated heterocycles. The van der Waals surface area contributed by atoms with E-state index in [2.05, 4.69) is 17.9 Å². The number of aromatic nitrogens is 2. The molecule has 1 atom stereocenters. The van der Waals surface area contributed by atoms with Crippen LogP contribution in [0.25, 0.3) is 0 Å². The fourth-order valence-electron chi connectivity index (χ4n) is 0.624. The highest BCUT2D eigenvalue weighted by Gasteiger charge is 2.31. The lowest BCUT2D eigenvalue weighted by Crippen LogP contribution is -2.45. The van der Waals surface area contributed by atoms with Crippen LogP contribution in [0.15, 0.2) is 10.6 Å². The zero-order valence-corrected chi connectivity index (χ0v) is 7.30. The number of rotatable bonds is 2. The summed E-state index contributed by atoms with van der Waals surface area (Å²) in [6, 6.07) is 0.